The third-order valence-electron chi connectivity index (χ3n) is 4.56. The van der Waals surface area contributed by atoms with E-state index < -0.39 is 5.97 Å². The standard InChI is InChI=1S/C22H21ClN4O2/c1-3-29-22(28)18-5-4-6-20(25)21(18)26-13-15-7-9-16(10-8-15)27-14(2)19(23)11-17(27)12-24/h4-11,26H,3,13,25H2,1-2H3. The monoisotopic (exact) mass is 408 g/mol. The first-order valence-corrected chi connectivity index (χ1v) is 9.50. The van der Waals surface area contributed by atoms with E-state index in [9.17, 15) is 10.1 Å². The molecule has 0 amide bonds. The molecule has 2 aromatic carbocycles. The van der Waals surface area contributed by atoms with E-state index in [0.717, 1.165) is 16.9 Å². The smallest absolute Gasteiger partial charge is 0.340 e. The molecule has 0 fully saturated rings. The van der Waals surface area contributed by atoms with E-state index in [2.05, 4.69) is 11.4 Å². The van der Waals surface area contributed by atoms with Crippen molar-refractivity contribution < 1.29 is 9.53 Å². The van der Waals surface area contributed by atoms with Crippen molar-refractivity contribution in [2.45, 2.75) is 20.4 Å². The first-order chi connectivity index (χ1) is 14.0. The molecule has 6 nitrogen and oxygen atoms in total. The number of nitrogens with one attached hydrogen (secondary N) is 1. The van der Waals surface area contributed by atoms with Gasteiger partial charge in [0.25, 0.3) is 0 Å². The molecule has 0 aliphatic heterocycles. The molecular weight excluding hydrogens is 388 g/mol. The molecule has 29 heavy (non-hydrogen) atoms. The highest BCUT2D eigenvalue weighted by Crippen LogP contribution is 2.27. The largest absolute Gasteiger partial charge is 0.462 e. The van der Waals surface area contributed by atoms with E-state index in [-0.39, 0.29) is 0 Å². The summed E-state index contributed by atoms with van der Waals surface area (Å²) in [7, 11) is 0. The fourth-order valence-corrected chi connectivity index (χ4v) is 3.28. The summed E-state index contributed by atoms with van der Waals surface area (Å²) in [6.07, 6.45) is 0. The Labute approximate surface area is 174 Å². The molecule has 0 spiro atoms. The summed E-state index contributed by atoms with van der Waals surface area (Å²) < 4.78 is 6.91. The molecule has 0 saturated carbocycles. The zero-order valence-corrected chi connectivity index (χ0v) is 17.0. The summed E-state index contributed by atoms with van der Waals surface area (Å²) >= 11 is 6.16. The molecule has 0 aliphatic rings. The topological polar surface area (TPSA) is 93.1 Å². The van der Waals surface area contributed by atoms with E-state index in [4.69, 9.17) is 22.1 Å². The van der Waals surface area contributed by atoms with Crippen LogP contribution in [0.1, 0.15) is 34.2 Å². The minimum absolute atomic E-state index is 0.294. The zero-order chi connectivity index (χ0) is 21.0. The zero-order valence-electron chi connectivity index (χ0n) is 16.2. The molecule has 0 aliphatic carbocycles. The summed E-state index contributed by atoms with van der Waals surface area (Å²) in [5, 5.41) is 13.1. The Morgan fingerprint density at radius 1 is 1.28 bits per heavy atom. The summed E-state index contributed by atoms with van der Waals surface area (Å²) in [4.78, 5) is 12.2. The average molecular weight is 409 g/mol. The number of halogens is 1. The summed E-state index contributed by atoms with van der Waals surface area (Å²) in [6.45, 7) is 4.39. The molecule has 0 saturated heterocycles. The van der Waals surface area contributed by atoms with Crippen molar-refractivity contribution in [2.75, 3.05) is 17.7 Å². The van der Waals surface area contributed by atoms with Crippen LogP contribution in [0.3, 0.4) is 0 Å². The van der Waals surface area contributed by atoms with E-state index >= 15 is 0 Å². The van der Waals surface area contributed by atoms with Crippen LogP contribution in [-0.2, 0) is 11.3 Å². The van der Waals surface area contributed by atoms with E-state index in [1.165, 1.54) is 0 Å². The van der Waals surface area contributed by atoms with Crippen molar-refractivity contribution >= 4 is 28.9 Å². The Bertz CT molecular complexity index is 1080. The molecule has 1 aromatic heterocycles. The lowest BCUT2D eigenvalue weighted by Crippen LogP contribution is -2.11. The number of carbonyl (C=O) groups excluding carboxylic acids is 1. The van der Waals surface area contributed by atoms with Gasteiger partial charge >= 0.3 is 5.97 Å². The first-order valence-electron chi connectivity index (χ1n) is 9.13. The van der Waals surface area contributed by atoms with Gasteiger partial charge in [-0.05, 0) is 49.7 Å². The SMILES string of the molecule is CCOC(=O)c1cccc(N)c1NCc1ccc(-n2c(C#N)cc(Cl)c2C)cc1. The molecule has 0 bridgehead atoms. The Kier molecular flexibility index (Phi) is 6.10. The Morgan fingerprint density at radius 2 is 2.00 bits per heavy atom. The average Bonchev–Trinajstić information content (AvgIpc) is 3.01. The predicted molar refractivity (Wildman–Crippen MR) is 114 cm³/mol. The fourth-order valence-electron chi connectivity index (χ4n) is 3.09. The quantitative estimate of drug-likeness (QED) is 0.456. The number of hydrogen-bond acceptors (Lipinski definition) is 5. The summed E-state index contributed by atoms with van der Waals surface area (Å²) in [6, 6.07) is 16.7. The maximum atomic E-state index is 12.2. The lowest BCUT2D eigenvalue weighted by Gasteiger charge is -2.14. The number of para-hydroxylation sites is 1. The number of nitrogen functional groups attached to an aromatic ring is 1. The van der Waals surface area contributed by atoms with Gasteiger partial charge in [0.2, 0.25) is 0 Å². The highest BCUT2D eigenvalue weighted by atomic mass is 35.5. The lowest BCUT2D eigenvalue weighted by molar-refractivity contribution is 0.0527. The molecular formula is C22H21ClN4O2. The number of hydrogen-bond donors (Lipinski definition) is 2. The minimum atomic E-state index is -0.415. The summed E-state index contributed by atoms with van der Waals surface area (Å²) in [5.74, 6) is -0.415. The second-order valence-corrected chi connectivity index (χ2v) is 6.83. The molecule has 148 valence electrons. The van der Waals surface area contributed by atoms with Crippen LogP contribution in [0.25, 0.3) is 5.69 Å². The van der Waals surface area contributed by atoms with Crippen LogP contribution < -0.4 is 11.1 Å². The third kappa shape index (κ3) is 4.20. The van der Waals surface area contributed by atoms with Crippen molar-refractivity contribution in [3.05, 3.63) is 76.1 Å². The van der Waals surface area contributed by atoms with Gasteiger partial charge in [0, 0.05) is 17.9 Å². The molecule has 0 radical (unpaired) electrons. The predicted octanol–water partition coefficient (Wildman–Crippen LogP) is 4.68. The van der Waals surface area contributed by atoms with Crippen LogP contribution in [0, 0.1) is 18.3 Å². The number of ether oxygens (including phenoxy) is 1. The maximum absolute atomic E-state index is 12.2. The second kappa shape index (κ2) is 8.72. The Hall–Kier alpha value is -3.43. The third-order valence-corrected chi connectivity index (χ3v) is 4.94. The second-order valence-electron chi connectivity index (χ2n) is 6.42. The van der Waals surface area contributed by atoms with Gasteiger partial charge in [-0.25, -0.2) is 4.79 Å². The van der Waals surface area contributed by atoms with Crippen molar-refractivity contribution in [3.63, 3.8) is 0 Å². The van der Waals surface area contributed by atoms with Crippen LogP contribution in [0.4, 0.5) is 11.4 Å². The van der Waals surface area contributed by atoms with Gasteiger partial charge in [0.15, 0.2) is 0 Å². The first kappa shape index (κ1) is 20.3. The Morgan fingerprint density at radius 3 is 2.66 bits per heavy atom. The number of nitrogens with zero attached hydrogens (tertiary/aromatic N) is 2. The molecule has 3 N–H and O–H groups in total. The van der Waals surface area contributed by atoms with Gasteiger partial charge in [-0.15, -0.1) is 0 Å². The van der Waals surface area contributed by atoms with Crippen LogP contribution in [0.5, 0.6) is 0 Å². The van der Waals surface area contributed by atoms with Crippen LogP contribution in [0.2, 0.25) is 5.02 Å². The summed E-state index contributed by atoms with van der Waals surface area (Å²) in [5.41, 5.74) is 10.6. The van der Waals surface area contributed by atoms with Gasteiger partial charge in [-0.2, -0.15) is 5.26 Å². The number of carbonyl (C=O) groups is 1. The molecule has 3 rings (SSSR count). The minimum Gasteiger partial charge on any atom is -0.462 e. The van der Waals surface area contributed by atoms with E-state index in [1.807, 2.05) is 35.8 Å². The van der Waals surface area contributed by atoms with Crippen LogP contribution >= 0.6 is 11.6 Å². The number of benzene rings is 2. The molecule has 7 heteroatoms. The molecule has 0 atom stereocenters. The molecule has 0 unspecified atom stereocenters. The number of aromatic nitrogens is 1. The molecule has 3 aromatic rings. The van der Waals surface area contributed by atoms with Gasteiger partial charge in [0.05, 0.1) is 28.6 Å². The maximum Gasteiger partial charge on any atom is 0.340 e. The fraction of sp³-hybridized carbons (Fsp3) is 0.182. The van der Waals surface area contributed by atoms with Gasteiger partial charge in [0.1, 0.15) is 11.8 Å². The highest BCUT2D eigenvalue weighted by molar-refractivity contribution is 6.31. The van der Waals surface area contributed by atoms with Crippen molar-refractivity contribution in [1.29, 1.82) is 5.26 Å². The van der Waals surface area contributed by atoms with Gasteiger partial charge in [-0.1, -0.05) is 29.8 Å². The Balaban J connectivity index is 1.81. The van der Waals surface area contributed by atoms with E-state index in [1.54, 1.807) is 31.2 Å². The number of nitriles is 1. The number of anilines is 2. The number of esters is 1. The van der Waals surface area contributed by atoms with E-state index in [0.29, 0.717) is 40.8 Å². The lowest BCUT2D eigenvalue weighted by atomic mass is 10.1. The van der Waals surface area contributed by atoms with Gasteiger partial charge in [-0.3, -0.25) is 0 Å². The normalized spacial score (nSPS) is 10.4. The van der Waals surface area contributed by atoms with Crippen molar-refractivity contribution in [1.82, 2.24) is 4.57 Å². The van der Waals surface area contributed by atoms with Gasteiger partial charge < -0.3 is 20.4 Å². The van der Waals surface area contributed by atoms with Crippen LogP contribution in [0.15, 0.2) is 48.5 Å². The van der Waals surface area contributed by atoms with Crippen molar-refractivity contribution in [3.8, 4) is 11.8 Å². The van der Waals surface area contributed by atoms with Crippen molar-refractivity contribution in [2.24, 2.45) is 0 Å². The highest BCUT2D eigenvalue weighted by Gasteiger charge is 2.15. The molecule has 1 heterocycles. The number of nitrogens with two attached hydrogens (primary N) is 1. The number of rotatable bonds is 6. The van der Waals surface area contributed by atoms with Crippen LogP contribution in [-0.4, -0.2) is 17.1 Å².